The Balaban J connectivity index is 1.45. The van der Waals surface area contributed by atoms with Gasteiger partial charge in [-0.05, 0) is 66.0 Å². The number of amides is 1. The van der Waals surface area contributed by atoms with E-state index in [1.54, 1.807) is 12.1 Å². The van der Waals surface area contributed by atoms with E-state index in [0.29, 0.717) is 18.8 Å². The predicted molar refractivity (Wildman–Crippen MR) is 131 cm³/mol. The molecule has 3 aromatic rings. The van der Waals surface area contributed by atoms with E-state index in [1.165, 1.54) is 18.7 Å². The molecule has 0 aliphatic carbocycles. The molecule has 4 heteroatoms. The highest BCUT2D eigenvalue weighted by atomic mass is 19.1. The van der Waals surface area contributed by atoms with Gasteiger partial charge in [-0.15, -0.1) is 0 Å². The number of likely N-dealkylation sites (tertiary alicyclic amines) is 1. The molecule has 0 saturated carbocycles. The Bertz CT molecular complexity index is 1090. The third-order valence-corrected chi connectivity index (χ3v) is 6.42. The van der Waals surface area contributed by atoms with Crippen molar-refractivity contribution >= 4 is 11.5 Å². The van der Waals surface area contributed by atoms with Crippen molar-refractivity contribution in [1.29, 1.82) is 0 Å². The first-order valence-electron chi connectivity index (χ1n) is 11.6. The number of carbonyl (C=O) groups is 1. The average molecular weight is 444 g/mol. The molecule has 0 N–H and O–H groups in total. The molecule has 0 spiro atoms. The second kappa shape index (κ2) is 11.0. The van der Waals surface area contributed by atoms with Crippen LogP contribution in [0.5, 0.6) is 5.75 Å². The third kappa shape index (κ3) is 5.89. The maximum absolute atomic E-state index is 14.1. The Labute approximate surface area is 195 Å². The van der Waals surface area contributed by atoms with Gasteiger partial charge >= 0.3 is 0 Å². The molecule has 0 aromatic heterocycles. The third-order valence-electron chi connectivity index (χ3n) is 6.42. The molecule has 1 saturated heterocycles. The van der Waals surface area contributed by atoms with Crippen molar-refractivity contribution in [1.82, 2.24) is 4.90 Å². The molecule has 0 atom stereocenters. The summed E-state index contributed by atoms with van der Waals surface area (Å²) in [6.07, 6.45) is 5.04. The van der Waals surface area contributed by atoms with Crippen LogP contribution in [0.15, 0.2) is 84.9 Å². The van der Waals surface area contributed by atoms with Gasteiger partial charge in [0, 0.05) is 19.2 Å². The maximum atomic E-state index is 14.1. The second-order valence-corrected chi connectivity index (χ2v) is 8.51. The standard InChI is InChI=1S/C29H30FNO2/c1-33-28-15-13-22(20-27(28)30)12-14-26(24-10-6-3-7-11-24)21-29(32)31-18-16-25(17-19-31)23-8-4-2-5-9-23/h2-11,13,15,20-21,25H,12,14,16-19H2,1H3/b26-21-. The minimum absolute atomic E-state index is 0.0567. The molecule has 4 rings (SSSR count). The zero-order valence-electron chi connectivity index (χ0n) is 19.0. The second-order valence-electron chi connectivity index (χ2n) is 8.51. The number of rotatable bonds is 7. The highest BCUT2D eigenvalue weighted by Crippen LogP contribution is 2.29. The molecule has 0 bridgehead atoms. The highest BCUT2D eigenvalue weighted by molar-refractivity contribution is 5.95. The van der Waals surface area contributed by atoms with Crippen LogP contribution in [0.3, 0.4) is 0 Å². The number of nitrogens with zero attached hydrogens (tertiary/aromatic N) is 1. The fraction of sp³-hybridized carbons (Fsp3) is 0.276. The van der Waals surface area contributed by atoms with Crippen molar-refractivity contribution in [2.45, 2.75) is 31.6 Å². The summed E-state index contributed by atoms with van der Waals surface area (Å²) in [4.78, 5) is 15.1. The molecule has 1 amide bonds. The summed E-state index contributed by atoms with van der Waals surface area (Å²) >= 11 is 0. The van der Waals surface area contributed by atoms with Gasteiger partial charge in [0.1, 0.15) is 0 Å². The summed E-state index contributed by atoms with van der Waals surface area (Å²) in [5.74, 6) is 0.448. The Kier molecular flexibility index (Phi) is 7.56. The number of piperidine rings is 1. The smallest absolute Gasteiger partial charge is 0.246 e. The Morgan fingerprint density at radius 2 is 1.67 bits per heavy atom. The van der Waals surface area contributed by atoms with Crippen LogP contribution in [0.4, 0.5) is 4.39 Å². The molecule has 33 heavy (non-hydrogen) atoms. The summed E-state index contributed by atoms with van der Waals surface area (Å²) in [5, 5.41) is 0. The van der Waals surface area contributed by atoms with Crippen LogP contribution in [-0.2, 0) is 11.2 Å². The zero-order chi connectivity index (χ0) is 23.0. The fourth-order valence-corrected chi connectivity index (χ4v) is 4.50. The minimum atomic E-state index is -0.363. The number of aryl methyl sites for hydroxylation is 1. The number of allylic oxidation sites excluding steroid dienone is 1. The Morgan fingerprint density at radius 1 is 1.00 bits per heavy atom. The average Bonchev–Trinajstić information content (AvgIpc) is 2.87. The number of ether oxygens (including phenoxy) is 1. The molecular weight excluding hydrogens is 413 g/mol. The minimum Gasteiger partial charge on any atom is -0.494 e. The predicted octanol–water partition coefficient (Wildman–Crippen LogP) is 6.26. The van der Waals surface area contributed by atoms with Crippen molar-refractivity contribution < 1.29 is 13.9 Å². The van der Waals surface area contributed by atoms with Gasteiger partial charge in [0.2, 0.25) is 5.91 Å². The Hall–Kier alpha value is -3.40. The van der Waals surface area contributed by atoms with E-state index in [9.17, 15) is 9.18 Å². The van der Waals surface area contributed by atoms with Crippen LogP contribution in [0.25, 0.3) is 5.57 Å². The molecule has 1 heterocycles. The van der Waals surface area contributed by atoms with Crippen molar-refractivity contribution in [3.8, 4) is 5.75 Å². The summed E-state index contributed by atoms with van der Waals surface area (Å²) in [6.45, 7) is 1.53. The van der Waals surface area contributed by atoms with Gasteiger partial charge in [-0.3, -0.25) is 4.79 Å². The molecule has 3 aromatic carbocycles. The van der Waals surface area contributed by atoms with Gasteiger partial charge in [-0.1, -0.05) is 66.7 Å². The molecule has 1 aliphatic heterocycles. The highest BCUT2D eigenvalue weighted by Gasteiger charge is 2.23. The first-order chi connectivity index (χ1) is 16.1. The summed E-state index contributed by atoms with van der Waals surface area (Å²) in [6, 6.07) is 25.6. The van der Waals surface area contributed by atoms with Gasteiger partial charge < -0.3 is 9.64 Å². The fourth-order valence-electron chi connectivity index (χ4n) is 4.50. The number of benzene rings is 3. The lowest BCUT2D eigenvalue weighted by Crippen LogP contribution is -2.37. The van der Waals surface area contributed by atoms with E-state index in [-0.39, 0.29) is 17.5 Å². The van der Waals surface area contributed by atoms with Crippen LogP contribution in [-0.4, -0.2) is 31.0 Å². The first kappa shape index (κ1) is 22.8. The van der Waals surface area contributed by atoms with E-state index in [0.717, 1.165) is 42.6 Å². The quantitative estimate of drug-likeness (QED) is 0.404. The lowest BCUT2D eigenvalue weighted by Gasteiger charge is -2.31. The van der Waals surface area contributed by atoms with Crippen LogP contribution in [0.2, 0.25) is 0 Å². The first-order valence-corrected chi connectivity index (χ1v) is 11.6. The summed E-state index contributed by atoms with van der Waals surface area (Å²) in [7, 11) is 1.46. The largest absolute Gasteiger partial charge is 0.494 e. The van der Waals surface area contributed by atoms with E-state index < -0.39 is 0 Å². The van der Waals surface area contributed by atoms with Gasteiger partial charge in [0.25, 0.3) is 0 Å². The number of halogens is 1. The molecule has 170 valence electrons. The van der Waals surface area contributed by atoms with Gasteiger partial charge in [-0.25, -0.2) is 4.39 Å². The van der Waals surface area contributed by atoms with Gasteiger partial charge in [-0.2, -0.15) is 0 Å². The monoisotopic (exact) mass is 443 g/mol. The SMILES string of the molecule is COc1ccc(CC/C(=C/C(=O)N2CCC(c3ccccc3)CC2)c2ccccc2)cc1F. The molecule has 1 fully saturated rings. The van der Waals surface area contributed by atoms with Crippen LogP contribution < -0.4 is 4.74 Å². The van der Waals surface area contributed by atoms with Gasteiger partial charge in [0.15, 0.2) is 11.6 Å². The normalized spacial score (nSPS) is 14.8. The maximum Gasteiger partial charge on any atom is 0.246 e. The van der Waals surface area contributed by atoms with Crippen molar-refractivity contribution in [2.24, 2.45) is 0 Å². The van der Waals surface area contributed by atoms with E-state index in [1.807, 2.05) is 47.4 Å². The number of carbonyl (C=O) groups excluding carboxylic acids is 1. The van der Waals surface area contributed by atoms with Crippen LogP contribution in [0.1, 0.15) is 41.9 Å². The Morgan fingerprint density at radius 3 is 2.30 bits per heavy atom. The lowest BCUT2D eigenvalue weighted by atomic mass is 9.89. The number of hydrogen-bond acceptors (Lipinski definition) is 2. The summed E-state index contributed by atoms with van der Waals surface area (Å²) in [5.41, 5.74) is 4.24. The van der Waals surface area contributed by atoms with Gasteiger partial charge in [0.05, 0.1) is 7.11 Å². The van der Waals surface area contributed by atoms with Crippen molar-refractivity contribution in [3.05, 3.63) is 107 Å². The number of hydrogen-bond donors (Lipinski definition) is 0. The van der Waals surface area contributed by atoms with Crippen molar-refractivity contribution in [3.63, 3.8) is 0 Å². The summed E-state index contributed by atoms with van der Waals surface area (Å²) < 4.78 is 19.1. The topological polar surface area (TPSA) is 29.5 Å². The van der Waals surface area contributed by atoms with E-state index >= 15 is 0 Å². The molecular formula is C29H30FNO2. The lowest BCUT2D eigenvalue weighted by molar-refractivity contribution is -0.127. The van der Waals surface area contributed by atoms with E-state index in [4.69, 9.17) is 4.74 Å². The molecule has 0 radical (unpaired) electrons. The molecule has 0 unspecified atom stereocenters. The van der Waals surface area contributed by atoms with Crippen LogP contribution >= 0.6 is 0 Å². The van der Waals surface area contributed by atoms with Crippen molar-refractivity contribution in [2.75, 3.05) is 20.2 Å². The molecule has 1 aliphatic rings. The van der Waals surface area contributed by atoms with Crippen LogP contribution in [0, 0.1) is 5.82 Å². The zero-order valence-corrected chi connectivity index (χ0v) is 19.0. The number of methoxy groups -OCH3 is 1. The molecule has 3 nitrogen and oxygen atoms in total. The van der Waals surface area contributed by atoms with E-state index in [2.05, 4.69) is 24.3 Å².